The van der Waals surface area contributed by atoms with E-state index in [2.05, 4.69) is 20.5 Å². The van der Waals surface area contributed by atoms with Crippen LogP contribution in [0.4, 0.5) is 0 Å². The third kappa shape index (κ3) is 3.38. The third-order valence-corrected chi connectivity index (χ3v) is 5.28. The normalized spacial score (nSPS) is 19.0. The van der Waals surface area contributed by atoms with Crippen LogP contribution in [0, 0.1) is 6.92 Å². The molecular weight excluding hydrogens is 360 g/mol. The Morgan fingerprint density at radius 1 is 1.36 bits per heavy atom. The smallest absolute Gasteiger partial charge is 0.271 e. The number of nitrogens with zero attached hydrogens (tertiary/aromatic N) is 5. The first-order valence-corrected chi connectivity index (χ1v) is 9.38. The van der Waals surface area contributed by atoms with Crippen LogP contribution in [-0.2, 0) is 17.9 Å². The van der Waals surface area contributed by atoms with Crippen LogP contribution in [0.1, 0.15) is 46.6 Å². The first-order chi connectivity index (χ1) is 13.6. The summed E-state index contributed by atoms with van der Waals surface area (Å²) in [5.41, 5.74) is 2.21. The zero-order chi connectivity index (χ0) is 19.7. The lowest BCUT2D eigenvalue weighted by Crippen LogP contribution is -2.44. The molecule has 0 saturated heterocycles. The molecule has 1 amide bonds. The predicted octanol–water partition coefficient (Wildman–Crippen LogP) is 1.05. The highest BCUT2D eigenvalue weighted by atomic mass is 16.5. The number of pyridine rings is 1. The van der Waals surface area contributed by atoms with Gasteiger partial charge in [-0.3, -0.25) is 4.79 Å². The van der Waals surface area contributed by atoms with Crippen LogP contribution in [0.5, 0.6) is 0 Å². The zero-order valence-corrected chi connectivity index (χ0v) is 16.0. The number of imidazole rings is 1. The van der Waals surface area contributed by atoms with Gasteiger partial charge < -0.3 is 24.1 Å². The number of aryl methyl sites for hydroxylation is 1. The highest BCUT2D eigenvalue weighted by Crippen LogP contribution is 2.36. The molecule has 0 aromatic carbocycles. The van der Waals surface area contributed by atoms with Crippen LogP contribution < -0.4 is 5.32 Å². The quantitative estimate of drug-likeness (QED) is 0.631. The van der Waals surface area contributed by atoms with Gasteiger partial charge in [-0.1, -0.05) is 6.07 Å². The summed E-state index contributed by atoms with van der Waals surface area (Å²) in [5, 5.41) is 20.8. The lowest BCUT2D eigenvalue weighted by atomic mass is 9.79. The number of methoxy groups -OCH3 is 1. The molecule has 0 atom stereocenters. The Kier molecular flexibility index (Phi) is 5.10. The molecule has 1 aliphatic rings. The van der Waals surface area contributed by atoms with E-state index in [0.29, 0.717) is 24.7 Å². The topological polar surface area (TPSA) is 107 Å². The summed E-state index contributed by atoms with van der Waals surface area (Å²) in [7, 11) is 1.64. The first-order valence-electron chi connectivity index (χ1n) is 9.38. The van der Waals surface area contributed by atoms with Crippen LogP contribution in [-0.4, -0.2) is 54.9 Å². The lowest BCUT2D eigenvalue weighted by molar-refractivity contribution is 0.0901. The average molecular weight is 384 g/mol. The molecule has 0 unspecified atom stereocenters. The predicted molar refractivity (Wildman–Crippen MR) is 101 cm³/mol. The molecule has 0 spiro atoms. The maximum atomic E-state index is 12.6. The Morgan fingerprint density at radius 3 is 2.89 bits per heavy atom. The van der Waals surface area contributed by atoms with Gasteiger partial charge in [-0.2, -0.15) is 0 Å². The molecule has 1 fully saturated rings. The minimum Gasteiger partial charge on any atom is -0.388 e. The fourth-order valence-electron chi connectivity index (χ4n) is 3.66. The van der Waals surface area contributed by atoms with Crippen molar-refractivity contribution >= 4 is 11.6 Å². The summed E-state index contributed by atoms with van der Waals surface area (Å²) < 4.78 is 8.96. The number of nitrogens with one attached hydrogen (secondary N) is 1. The van der Waals surface area contributed by atoms with Crippen molar-refractivity contribution in [3.63, 3.8) is 0 Å². The number of hydrogen-bond acceptors (Lipinski definition) is 6. The SMILES string of the molecule is COCCn1c(CO)nnc1C1CC(NC(=O)c2cn3c(C)cccc3n2)C1. The third-order valence-electron chi connectivity index (χ3n) is 5.28. The van der Waals surface area contributed by atoms with E-state index in [9.17, 15) is 9.90 Å². The number of amides is 1. The first kappa shape index (κ1) is 18.6. The fraction of sp³-hybridized carbons (Fsp3) is 0.474. The zero-order valence-electron chi connectivity index (χ0n) is 16.0. The van der Waals surface area contributed by atoms with Gasteiger partial charge in [0.25, 0.3) is 5.91 Å². The molecule has 28 heavy (non-hydrogen) atoms. The van der Waals surface area contributed by atoms with Crippen LogP contribution in [0.15, 0.2) is 24.4 Å². The van der Waals surface area contributed by atoms with Crippen molar-refractivity contribution in [3.05, 3.63) is 47.4 Å². The molecule has 148 valence electrons. The van der Waals surface area contributed by atoms with Gasteiger partial charge in [0, 0.05) is 37.5 Å². The molecule has 3 aromatic heterocycles. The largest absolute Gasteiger partial charge is 0.388 e. The van der Waals surface area contributed by atoms with E-state index in [1.807, 2.05) is 34.1 Å². The van der Waals surface area contributed by atoms with E-state index in [1.54, 1.807) is 13.3 Å². The van der Waals surface area contributed by atoms with Crippen molar-refractivity contribution in [1.82, 2.24) is 29.5 Å². The second-order valence-electron chi connectivity index (χ2n) is 7.14. The Balaban J connectivity index is 1.39. The summed E-state index contributed by atoms with van der Waals surface area (Å²) >= 11 is 0. The van der Waals surface area contributed by atoms with Crippen molar-refractivity contribution in [2.45, 2.75) is 44.9 Å². The van der Waals surface area contributed by atoms with Crippen LogP contribution in [0.2, 0.25) is 0 Å². The molecule has 3 aromatic rings. The minimum absolute atomic E-state index is 0.0774. The molecule has 3 heterocycles. The van der Waals surface area contributed by atoms with Crippen molar-refractivity contribution in [2.24, 2.45) is 0 Å². The fourth-order valence-corrected chi connectivity index (χ4v) is 3.66. The number of hydrogen-bond donors (Lipinski definition) is 2. The van der Waals surface area contributed by atoms with Gasteiger partial charge in [0.15, 0.2) is 5.82 Å². The monoisotopic (exact) mass is 384 g/mol. The van der Waals surface area contributed by atoms with Crippen LogP contribution in [0.3, 0.4) is 0 Å². The molecular formula is C19H24N6O3. The van der Waals surface area contributed by atoms with E-state index < -0.39 is 0 Å². The number of aromatic nitrogens is 5. The van der Waals surface area contributed by atoms with E-state index in [4.69, 9.17) is 4.74 Å². The number of rotatable bonds is 7. The second-order valence-corrected chi connectivity index (χ2v) is 7.14. The van der Waals surface area contributed by atoms with Gasteiger partial charge in [-0.25, -0.2) is 4.98 Å². The van der Waals surface area contributed by atoms with E-state index in [0.717, 1.165) is 30.0 Å². The maximum absolute atomic E-state index is 12.6. The van der Waals surface area contributed by atoms with Gasteiger partial charge in [-0.05, 0) is 31.9 Å². The standard InChI is InChI=1S/C19H24N6O3/c1-12-4-3-5-16-21-15(10-25(12)16)19(27)20-14-8-13(9-14)18-23-22-17(11-26)24(18)6-7-28-2/h3-5,10,13-14,26H,6-9,11H2,1-2H3,(H,20,27). The summed E-state index contributed by atoms with van der Waals surface area (Å²) in [5.74, 6) is 1.43. The van der Waals surface area contributed by atoms with Crippen LogP contribution in [0.25, 0.3) is 5.65 Å². The Labute approximate surface area is 162 Å². The number of carbonyl (C=O) groups is 1. The van der Waals surface area contributed by atoms with Gasteiger partial charge >= 0.3 is 0 Å². The van der Waals surface area contributed by atoms with Crippen molar-refractivity contribution < 1.29 is 14.6 Å². The number of carbonyl (C=O) groups excluding carboxylic acids is 1. The number of fused-ring (bicyclic) bond motifs is 1. The molecule has 9 nitrogen and oxygen atoms in total. The molecule has 2 N–H and O–H groups in total. The second kappa shape index (κ2) is 7.69. The Bertz CT molecular complexity index is 989. The van der Waals surface area contributed by atoms with Gasteiger partial charge in [0.1, 0.15) is 23.8 Å². The Hall–Kier alpha value is -2.78. The van der Waals surface area contributed by atoms with Crippen molar-refractivity contribution in [2.75, 3.05) is 13.7 Å². The summed E-state index contributed by atoms with van der Waals surface area (Å²) in [6, 6.07) is 5.87. The van der Waals surface area contributed by atoms with E-state index in [-0.39, 0.29) is 24.5 Å². The summed E-state index contributed by atoms with van der Waals surface area (Å²) in [6.07, 6.45) is 3.34. The molecule has 9 heteroatoms. The van der Waals surface area contributed by atoms with Crippen molar-refractivity contribution in [1.29, 1.82) is 0 Å². The average Bonchev–Trinajstić information content (AvgIpc) is 3.27. The minimum atomic E-state index is -0.163. The number of aliphatic hydroxyl groups excluding tert-OH is 1. The summed E-state index contributed by atoms with van der Waals surface area (Å²) in [6.45, 7) is 2.95. The van der Waals surface area contributed by atoms with Gasteiger partial charge in [0.05, 0.1) is 6.61 Å². The highest BCUT2D eigenvalue weighted by Gasteiger charge is 2.35. The Morgan fingerprint density at radius 2 is 2.18 bits per heavy atom. The molecule has 1 saturated carbocycles. The van der Waals surface area contributed by atoms with Gasteiger partial charge in [0.2, 0.25) is 0 Å². The van der Waals surface area contributed by atoms with Crippen molar-refractivity contribution in [3.8, 4) is 0 Å². The van der Waals surface area contributed by atoms with E-state index in [1.165, 1.54) is 0 Å². The highest BCUT2D eigenvalue weighted by molar-refractivity contribution is 5.93. The van der Waals surface area contributed by atoms with E-state index >= 15 is 0 Å². The number of aliphatic hydroxyl groups is 1. The molecule has 0 bridgehead atoms. The lowest BCUT2D eigenvalue weighted by Gasteiger charge is -2.35. The molecule has 4 rings (SSSR count). The van der Waals surface area contributed by atoms with Gasteiger partial charge in [-0.15, -0.1) is 10.2 Å². The number of ether oxygens (including phenoxy) is 1. The maximum Gasteiger partial charge on any atom is 0.271 e. The molecule has 0 radical (unpaired) electrons. The molecule has 1 aliphatic carbocycles. The van der Waals surface area contributed by atoms with Crippen LogP contribution >= 0.6 is 0 Å². The summed E-state index contributed by atoms with van der Waals surface area (Å²) in [4.78, 5) is 17.0. The molecule has 0 aliphatic heterocycles.